The Balaban J connectivity index is 2.73. The fourth-order valence-electron chi connectivity index (χ4n) is 1.53. The minimum atomic E-state index is -1.04. The molecule has 19 heavy (non-hydrogen) atoms. The van der Waals surface area contributed by atoms with E-state index in [0.717, 1.165) is 0 Å². The van der Waals surface area contributed by atoms with Crippen LogP contribution in [0.1, 0.15) is 48.7 Å². The smallest absolute Gasteiger partial charge is 0.326 e. The van der Waals surface area contributed by atoms with Crippen LogP contribution in [0.25, 0.3) is 0 Å². The molecule has 1 aromatic heterocycles. The number of amides is 1. The number of hydrogen-bond donors (Lipinski definition) is 3. The first-order valence-corrected chi connectivity index (χ1v) is 6.94. The zero-order chi connectivity index (χ0) is 14.6. The maximum atomic E-state index is 11.9. The van der Waals surface area contributed by atoms with Crippen molar-refractivity contribution in [2.75, 3.05) is 0 Å². The van der Waals surface area contributed by atoms with E-state index < -0.39 is 17.9 Å². The van der Waals surface area contributed by atoms with E-state index in [2.05, 4.69) is 10.3 Å². The van der Waals surface area contributed by atoms with Gasteiger partial charge in [-0.25, -0.2) is 9.78 Å². The van der Waals surface area contributed by atoms with Crippen LogP contribution >= 0.6 is 11.3 Å². The Morgan fingerprint density at radius 2 is 2.11 bits per heavy atom. The minimum Gasteiger partial charge on any atom is -0.480 e. The van der Waals surface area contributed by atoms with Crippen LogP contribution < -0.4 is 11.1 Å². The maximum Gasteiger partial charge on any atom is 0.326 e. The summed E-state index contributed by atoms with van der Waals surface area (Å²) in [6.45, 7) is 5.58. The van der Waals surface area contributed by atoms with E-state index in [-0.39, 0.29) is 17.7 Å². The second-order valence-corrected chi connectivity index (χ2v) is 5.74. The molecule has 0 saturated heterocycles. The summed E-state index contributed by atoms with van der Waals surface area (Å²) < 4.78 is 0. The second-order valence-electron chi connectivity index (χ2n) is 4.85. The van der Waals surface area contributed by atoms with Crippen molar-refractivity contribution in [3.63, 3.8) is 0 Å². The number of nitrogens with zero attached hydrogens (tertiary/aromatic N) is 1. The van der Waals surface area contributed by atoms with Gasteiger partial charge >= 0.3 is 5.97 Å². The number of aromatic nitrogens is 1. The molecule has 0 aliphatic carbocycles. The molecule has 2 unspecified atom stereocenters. The van der Waals surface area contributed by atoms with Crippen molar-refractivity contribution in [2.24, 2.45) is 11.7 Å². The number of carboxylic acid groups (broad SMARTS) is 1. The van der Waals surface area contributed by atoms with Crippen molar-refractivity contribution in [1.82, 2.24) is 10.3 Å². The third-order valence-corrected chi connectivity index (χ3v) is 3.50. The average molecular weight is 285 g/mol. The van der Waals surface area contributed by atoms with Gasteiger partial charge in [0.05, 0.1) is 6.04 Å². The van der Waals surface area contributed by atoms with E-state index in [0.29, 0.717) is 11.4 Å². The number of carbonyl (C=O) groups is 2. The number of nitrogens with two attached hydrogens (primary N) is 1. The highest BCUT2D eigenvalue weighted by Gasteiger charge is 2.23. The van der Waals surface area contributed by atoms with Crippen molar-refractivity contribution in [1.29, 1.82) is 0 Å². The summed E-state index contributed by atoms with van der Waals surface area (Å²) in [5.74, 6) is -1.34. The van der Waals surface area contributed by atoms with Gasteiger partial charge in [0, 0.05) is 5.38 Å². The summed E-state index contributed by atoms with van der Waals surface area (Å²) in [5, 5.41) is 13.8. The van der Waals surface area contributed by atoms with E-state index in [1.54, 1.807) is 12.3 Å². The molecule has 0 spiro atoms. The molecule has 0 aromatic carbocycles. The number of carboxylic acids is 1. The number of hydrogen-bond acceptors (Lipinski definition) is 5. The lowest BCUT2D eigenvalue weighted by Gasteiger charge is -2.15. The molecule has 7 heteroatoms. The standard InChI is InChI=1S/C12H19N3O3S/c1-6(2)4-8(12(17)18)14-10(16)9-5-19-11(15-9)7(3)13/h5-8H,4,13H2,1-3H3,(H,14,16)(H,17,18). The summed E-state index contributed by atoms with van der Waals surface area (Å²) in [7, 11) is 0. The van der Waals surface area contributed by atoms with Crippen LogP contribution in [0.3, 0.4) is 0 Å². The van der Waals surface area contributed by atoms with E-state index >= 15 is 0 Å². The zero-order valence-corrected chi connectivity index (χ0v) is 12.0. The van der Waals surface area contributed by atoms with Gasteiger partial charge in [-0.3, -0.25) is 4.79 Å². The largest absolute Gasteiger partial charge is 0.480 e. The van der Waals surface area contributed by atoms with Gasteiger partial charge in [-0.15, -0.1) is 11.3 Å². The molecule has 1 heterocycles. The second kappa shape index (κ2) is 6.63. The van der Waals surface area contributed by atoms with E-state index in [4.69, 9.17) is 10.8 Å². The van der Waals surface area contributed by atoms with Crippen molar-refractivity contribution in [3.05, 3.63) is 16.1 Å². The SMILES string of the molecule is CC(C)CC(NC(=O)c1csc(C(C)N)n1)C(=O)O. The Morgan fingerprint density at radius 3 is 2.53 bits per heavy atom. The predicted octanol–water partition coefficient (Wildman–Crippen LogP) is 1.39. The molecule has 0 bridgehead atoms. The van der Waals surface area contributed by atoms with Crippen LogP contribution in [0.5, 0.6) is 0 Å². The Hall–Kier alpha value is -1.47. The quantitative estimate of drug-likeness (QED) is 0.732. The molecule has 4 N–H and O–H groups in total. The zero-order valence-electron chi connectivity index (χ0n) is 11.2. The highest BCUT2D eigenvalue weighted by Crippen LogP contribution is 2.16. The summed E-state index contributed by atoms with van der Waals surface area (Å²) in [5.41, 5.74) is 5.88. The fourth-order valence-corrected chi connectivity index (χ4v) is 2.28. The van der Waals surface area contributed by atoms with Crippen molar-refractivity contribution >= 4 is 23.2 Å². The number of thiazole rings is 1. The van der Waals surface area contributed by atoms with Crippen LogP contribution in [0.15, 0.2) is 5.38 Å². The first-order chi connectivity index (χ1) is 8.81. The van der Waals surface area contributed by atoms with Gasteiger partial charge in [0.2, 0.25) is 0 Å². The van der Waals surface area contributed by atoms with Crippen LogP contribution in [-0.2, 0) is 4.79 Å². The number of nitrogens with one attached hydrogen (secondary N) is 1. The fraction of sp³-hybridized carbons (Fsp3) is 0.583. The normalized spacial score (nSPS) is 14.2. The number of aliphatic carboxylic acids is 1. The third-order valence-electron chi connectivity index (χ3n) is 2.45. The predicted molar refractivity (Wildman–Crippen MR) is 73.1 cm³/mol. The molecule has 0 fully saturated rings. The molecular weight excluding hydrogens is 266 g/mol. The van der Waals surface area contributed by atoms with Crippen LogP contribution in [0, 0.1) is 5.92 Å². The first-order valence-electron chi connectivity index (χ1n) is 6.06. The molecule has 2 atom stereocenters. The Morgan fingerprint density at radius 1 is 1.47 bits per heavy atom. The molecule has 0 aliphatic rings. The molecule has 1 amide bonds. The molecule has 0 saturated carbocycles. The van der Waals surface area contributed by atoms with Gasteiger partial charge in [0.25, 0.3) is 5.91 Å². The number of carbonyl (C=O) groups excluding carboxylic acids is 1. The van der Waals surface area contributed by atoms with Gasteiger partial charge < -0.3 is 16.2 Å². The van der Waals surface area contributed by atoms with Crippen molar-refractivity contribution < 1.29 is 14.7 Å². The Kier molecular flexibility index (Phi) is 5.44. The Bertz CT molecular complexity index is 457. The lowest BCUT2D eigenvalue weighted by Crippen LogP contribution is -2.41. The molecule has 6 nitrogen and oxygen atoms in total. The molecule has 1 aromatic rings. The lowest BCUT2D eigenvalue weighted by molar-refractivity contribution is -0.139. The summed E-state index contributed by atoms with van der Waals surface area (Å²) in [6, 6.07) is -1.13. The molecule has 1 rings (SSSR count). The Labute approximate surface area is 116 Å². The van der Waals surface area contributed by atoms with E-state index in [1.165, 1.54) is 11.3 Å². The third kappa shape index (κ3) is 4.60. The molecule has 0 radical (unpaired) electrons. The van der Waals surface area contributed by atoms with Crippen LogP contribution in [-0.4, -0.2) is 28.0 Å². The van der Waals surface area contributed by atoms with Crippen molar-refractivity contribution in [2.45, 2.75) is 39.3 Å². The average Bonchev–Trinajstić information content (AvgIpc) is 2.76. The highest BCUT2D eigenvalue weighted by molar-refractivity contribution is 7.09. The summed E-state index contributed by atoms with van der Waals surface area (Å²) >= 11 is 1.29. The highest BCUT2D eigenvalue weighted by atomic mass is 32.1. The maximum absolute atomic E-state index is 11.9. The molecule has 106 valence electrons. The molecule has 0 aliphatic heterocycles. The van der Waals surface area contributed by atoms with Gasteiger partial charge in [-0.1, -0.05) is 13.8 Å². The van der Waals surface area contributed by atoms with Crippen LogP contribution in [0.2, 0.25) is 0 Å². The number of rotatable bonds is 6. The van der Waals surface area contributed by atoms with E-state index in [9.17, 15) is 9.59 Å². The van der Waals surface area contributed by atoms with Gasteiger partial charge in [-0.05, 0) is 19.3 Å². The van der Waals surface area contributed by atoms with E-state index in [1.807, 2.05) is 13.8 Å². The first kappa shape index (κ1) is 15.6. The van der Waals surface area contributed by atoms with Gasteiger partial charge in [-0.2, -0.15) is 0 Å². The lowest BCUT2D eigenvalue weighted by atomic mass is 10.0. The van der Waals surface area contributed by atoms with Crippen molar-refractivity contribution in [3.8, 4) is 0 Å². The monoisotopic (exact) mass is 285 g/mol. The van der Waals surface area contributed by atoms with Gasteiger partial charge in [0.1, 0.15) is 16.7 Å². The van der Waals surface area contributed by atoms with Crippen LogP contribution in [0.4, 0.5) is 0 Å². The minimum absolute atomic E-state index is 0.177. The molecular formula is C12H19N3O3S. The van der Waals surface area contributed by atoms with Gasteiger partial charge in [0.15, 0.2) is 0 Å². The topological polar surface area (TPSA) is 105 Å². The summed E-state index contributed by atoms with van der Waals surface area (Å²) in [6.07, 6.45) is 0.380. The summed E-state index contributed by atoms with van der Waals surface area (Å²) in [4.78, 5) is 27.1.